The van der Waals surface area contributed by atoms with E-state index in [-0.39, 0.29) is 12.4 Å². The summed E-state index contributed by atoms with van der Waals surface area (Å²) < 4.78 is 7.95. The van der Waals surface area contributed by atoms with Crippen LogP contribution in [0.5, 0.6) is 0 Å². The fourth-order valence-electron chi connectivity index (χ4n) is 2.79. The number of benzene rings is 1. The van der Waals surface area contributed by atoms with E-state index in [0.29, 0.717) is 27.8 Å². The summed E-state index contributed by atoms with van der Waals surface area (Å²) in [5.74, 6) is 0.770. The Hall–Kier alpha value is -3.01. The van der Waals surface area contributed by atoms with Crippen LogP contribution in [0.1, 0.15) is 16.8 Å². The van der Waals surface area contributed by atoms with E-state index < -0.39 is 0 Å². The summed E-state index contributed by atoms with van der Waals surface area (Å²) in [7, 11) is 3.11. The van der Waals surface area contributed by atoms with Crippen LogP contribution in [0.25, 0.3) is 16.9 Å². The predicted molar refractivity (Wildman–Crippen MR) is 99.3 cm³/mol. The molecule has 4 aromatic rings. The monoisotopic (exact) mass is 383 g/mol. The minimum atomic E-state index is -0.384. The number of carbonyl (C=O) groups excluding carboxylic acids is 1. The number of hydrogen-bond donors (Lipinski definition) is 0. The summed E-state index contributed by atoms with van der Waals surface area (Å²) in [6.07, 6.45) is 0.0254. The van der Waals surface area contributed by atoms with Gasteiger partial charge in [-0.15, -0.1) is 15.3 Å². The highest BCUT2D eigenvalue weighted by Crippen LogP contribution is 2.23. The highest BCUT2D eigenvalue weighted by atomic mass is 32.2. The van der Waals surface area contributed by atoms with E-state index in [9.17, 15) is 4.79 Å². The van der Waals surface area contributed by atoms with Crippen LogP contribution < -0.4 is 0 Å². The zero-order chi connectivity index (χ0) is 19.0. The zero-order valence-corrected chi connectivity index (χ0v) is 15.9. The second kappa shape index (κ2) is 6.95. The number of hydrogen-bond acceptors (Lipinski definition) is 8. The summed E-state index contributed by atoms with van der Waals surface area (Å²) in [5.41, 5.74) is 4.11. The van der Waals surface area contributed by atoms with Gasteiger partial charge < -0.3 is 4.74 Å². The first-order valence-electron chi connectivity index (χ1n) is 8.26. The highest BCUT2D eigenvalue weighted by molar-refractivity contribution is 7.98. The van der Waals surface area contributed by atoms with E-state index in [0.717, 1.165) is 5.75 Å². The number of esters is 1. The van der Waals surface area contributed by atoms with E-state index in [1.165, 1.54) is 30.0 Å². The largest absolute Gasteiger partial charge is 0.469 e. The first-order chi connectivity index (χ1) is 13.1. The molecule has 0 atom stereocenters. The van der Waals surface area contributed by atoms with Gasteiger partial charge >= 0.3 is 5.97 Å². The number of carbonyl (C=O) groups is 1. The maximum absolute atomic E-state index is 11.6. The molecule has 0 saturated heterocycles. The minimum Gasteiger partial charge on any atom is -0.469 e. The van der Waals surface area contributed by atoms with Gasteiger partial charge in [0, 0.05) is 12.8 Å². The van der Waals surface area contributed by atoms with E-state index >= 15 is 0 Å². The topological polar surface area (TPSA) is 100 Å². The fourth-order valence-corrected chi connectivity index (χ4v) is 3.68. The van der Waals surface area contributed by atoms with Crippen molar-refractivity contribution < 1.29 is 9.53 Å². The molecule has 4 rings (SSSR count). The third kappa shape index (κ3) is 3.23. The Bertz CT molecular complexity index is 1150. The number of nitrogens with zero attached hydrogens (tertiary/aromatic N) is 7. The average molecular weight is 383 g/mol. The molecule has 0 saturated carbocycles. The van der Waals surface area contributed by atoms with Gasteiger partial charge in [-0.05, 0) is 18.1 Å². The van der Waals surface area contributed by atoms with Crippen molar-refractivity contribution in [1.29, 1.82) is 0 Å². The standard InChI is InChI=1S/C17H17N7O2S/c1-10-6-4-5-7-11(10)9-27-17-18-16-20-19-14-12(8-13(25)26-3)21-23(2)15(14)24(16)22-17/h4-7H,8-9H2,1-3H3. The maximum atomic E-state index is 11.6. The SMILES string of the molecule is COC(=O)Cc1nn(C)c2c1nnc1nc(SCc3ccccc3C)nn12. The summed E-state index contributed by atoms with van der Waals surface area (Å²) >= 11 is 1.53. The van der Waals surface area contributed by atoms with Crippen LogP contribution in [-0.2, 0) is 28.8 Å². The molecule has 0 aliphatic heterocycles. The molecule has 0 spiro atoms. The number of fused-ring (bicyclic) bond motifs is 3. The summed E-state index contributed by atoms with van der Waals surface area (Å²) in [5, 5.41) is 17.8. The van der Waals surface area contributed by atoms with Crippen LogP contribution in [0.3, 0.4) is 0 Å². The third-order valence-corrected chi connectivity index (χ3v) is 5.12. The number of methoxy groups -OCH3 is 1. The highest BCUT2D eigenvalue weighted by Gasteiger charge is 2.19. The molecule has 0 unspecified atom stereocenters. The Morgan fingerprint density at radius 2 is 2.04 bits per heavy atom. The van der Waals surface area contributed by atoms with Gasteiger partial charge in [-0.3, -0.25) is 4.79 Å². The lowest BCUT2D eigenvalue weighted by atomic mass is 10.1. The minimum absolute atomic E-state index is 0.0254. The first-order valence-corrected chi connectivity index (χ1v) is 9.24. The van der Waals surface area contributed by atoms with Crippen molar-refractivity contribution in [3.8, 4) is 0 Å². The van der Waals surface area contributed by atoms with E-state index in [2.05, 4.69) is 44.4 Å². The van der Waals surface area contributed by atoms with Gasteiger partial charge in [0.15, 0.2) is 11.2 Å². The van der Waals surface area contributed by atoms with Crippen molar-refractivity contribution in [2.75, 3.05) is 7.11 Å². The van der Waals surface area contributed by atoms with Crippen LogP contribution in [-0.4, -0.2) is 47.7 Å². The molecule has 0 radical (unpaired) electrons. The molecule has 0 aliphatic rings. The van der Waals surface area contributed by atoms with Crippen molar-refractivity contribution in [2.24, 2.45) is 7.05 Å². The third-order valence-electron chi connectivity index (χ3n) is 4.23. The number of ether oxygens (including phenoxy) is 1. The first kappa shape index (κ1) is 17.4. The molecule has 0 aliphatic carbocycles. The van der Waals surface area contributed by atoms with Gasteiger partial charge in [0.2, 0.25) is 5.16 Å². The van der Waals surface area contributed by atoms with Crippen LogP contribution in [0.15, 0.2) is 29.4 Å². The molecule has 3 heterocycles. The molecular formula is C17H17N7O2S. The lowest BCUT2D eigenvalue weighted by Crippen LogP contribution is -2.06. The van der Waals surface area contributed by atoms with Crippen molar-refractivity contribution in [1.82, 2.24) is 34.6 Å². The number of aryl methyl sites for hydroxylation is 2. The fraction of sp³-hybridized carbons (Fsp3) is 0.294. The molecule has 0 N–H and O–H groups in total. The van der Waals surface area contributed by atoms with Gasteiger partial charge in [-0.2, -0.15) is 14.6 Å². The van der Waals surface area contributed by atoms with Crippen LogP contribution >= 0.6 is 11.8 Å². The number of rotatable bonds is 5. The molecular weight excluding hydrogens is 366 g/mol. The molecule has 1 aromatic carbocycles. The lowest BCUT2D eigenvalue weighted by molar-refractivity contribution is -0.139. The Balaban J connectivity index is 1.68. The van der Waals surface area contributed by atoms with E-state index in [1.54, 1.807) is 16.2 Å². The van der Waals surface area contributed by atoms with Crippen LogP contribution in [0, 0.1) is 6.92 Å². The molecule has 10 heteroatoms. The molecule has 3 aromatic heterocycles. The Morgan fingerprint density at radius 1 is 1.22 bits per heavy atom. The summed E-state index contributed by atoms with van der Waals surface area (Å²) in [4.78, 5) is 16.0. The molecule has 0 fully saturated rings. The smallest absolute Gasteiger partial charge is 0.311 e. The summed E-state index contributed by atoms with van der Waals surface area (Å²) in [6.45, 7) is 2.08. The molecule has 9 nitrogen and oxygen atoms in total. The number of thioether (sulfide) groups is 1. The van der Waals surface area contributed by atoms with Crippen molar-refractivity contribution in [3.05, 3.63) is 41.1 Å². The van der Waals surface area contributed by atoms with Gasteiger partial charge in [0.05, 0.1) is 13.5 Å². The van der Waals surface area contributed by atoms with Crippen molar-refractivity contribution in [3.63, 3.8) is 0 Å². The Morgan fingerprint density at radius 3 is 2.81 bits per heavy atom. The Kier molecular flexibility index (Phi) is 4.48. The normalized spacial score (nSPS) is 11.4. The Labute approximate surface area is 158 Å². The molecule has 27 heavy (non-hydrogen) atoms. The van der Waals surface area contributed by atoms with Crippen molar-refractivity contribution >= 4 is 34.7 Å². The molecule has 138 valence electrons. The summed E-state index contributed by atoms with van der Waals surface area (Å²) in [6, 6.07) is 8.22. The second-order valence-corrected chi connectivity index (χ2v) is 6.96. The van der Waals surface area contributed by atoms with Crippen LogP contribution in [0.4, 0.5) is 0 Å². The van der Waals surface area contributed by atoms with E-state index in [4.69, 9.17) is 4.74 Å². The number of aromatic nitrogens is 7. The van der Waals surface area contributed by atoms with Crippen molar-refractivity contribution in [2.45, 2.75) is 24.3 Å². The zero-order valence-electron chi connectivity index (χ0n) is 15.1. The molecule has 0 bridgehead atoms. The van der Waals surface area contributed by atoms with Gasteiger partial charge in [0.1, 0.15) is 5.69 Å². The lowest BCUT2D eigenvalue weighted by Gasteiger charge is -2.02. The maximum Gasteiger partial charge on any atom is 0.311 e. The quantitative estimate of drug-likeness (QED) is 0.379. The molecule has 0 amide bonds. The van der Waals surface area contributed by atoms with Gasteiger partial charge in [-0.25, -0.2) is 4.68 Å². The second-order valence-electron chi connectivity index (χ2n) is 6.02. The van der Waals surface area contributed by atoms with Gasteiger partial charge in [-0.1, -0.05) is 36.0 Å². The van der Waals surface area contributed by atoms with Crippen LogP contribution in [0.2, 0.25) is 0 Å². The predicted octanol–water partition coefficient (Wildman–Crippen LogP) is 1.72. The average Bonchev–Trinajstić information content (AvgIpc) is 3.21. The van der Waals surface area contributed by atoms with E-state index in [1.807, 2.05) is 12.1 Å². The van der Waals surface area contributed by atoms with Gasteiger partial charge in [0.25, 0.3) is 5.78 Å².